The van der Waals surface area contributed by atoms with Crippen LogP contribution in [0.2, 0.25) is 0 Å². The van der Waals surface area contributed by atoms with Crippen molar-refractivity contribution in [3.8, 4) is 0 Å². The van der Waals surface area contributed by atoms with Crippen LogP contribution in [0.1, 0.15) is 27.2 Å². The SMILES string of the molecule is CC(C)=CCC(F)(F)C(C)=CCO. The standard InChI is InChI=1S/C10H16F2O/c1-8(2)4-6-10(11,12)9(3)5-7-13/h4-5,13H,6-7H2,1-3H3. The van der Waals surface area contributed by atoms with Crippen molar-refractivity contribution in [1.29, 1.82) is 0 Å². The molecule has 0 aliphatic carbocycles. The summed E-state index contributed by atoms with van der Waals surface area (Å²) < 4.78 is 26.3. The average Bonchev–Trinajstić information content (AvgIpc) is 2.01. The number of aliphatic hydroxyl groups excluding tert-OH is 1. The zero-order chi connectivity index (χ0) is 10.5. The van der Waals surface area contributed by atoms with Gasteiger partial charge < -0.3 is 5.11 Å². The molecule has 1 N–H and O–H groups in total. The van der Waals surface area contributed by atoms with E-state index >= 15 is 0 Å². The smallest absolute Gasteiger partial charge is 0.272 e. The Kier molecular flexibility index (Phi) is 4.85. The number of alkyl halides is 2. The summed E-state index contributed by atoms with van der Waals surface area (Å²) in [5.41, 5.74) is 0.795. The van der Waals surface area contributed by atoms with Crippen molar-refractivity contribution < 1.29 is 13.9 Å². The van der Waals surface area contributed by atoms with Gasteiger partial charge in [0, 0.05) is 6.42 Å². The third-order valence-corrected chi connectivity index (χ3v) is 1.74. The number of rotatable bonds is 4. The summed E-state index contributed by atoms with van der Waals surface area (Å²) in [5, 5.41) is 8.45. The molecular formula is C10H16F2O. The topological polar surface area (TPSA) is 20.2 Å². The molecule has 0 fully saturated rings. The maximum Gasteiger partial charge on any atom is 0.272 e. The molecule has 0 aliphatic rings. The third-order valence-electron chi connectivity index (χ3n) is 1.74. The van der Waals surface area contributed by atoms with Crippen LogP contribution in [-0.4, -0.2) is 17.6 Å². The number of hydrogen-bond donors (Lipinski definition) is 1. The van der Waals surface area contributed by atoms with E-state index in [0.29, 0.717) is 0 Å². The molecule has 0 aromatic heterocycles. The highest BCUT2D eigenvalue weighted by Crippen LogP contribution is 2.28. The summed E-state index contributed by atoms with van der Waals surface area (Å²) in [5.74, 6) is -2.83. The molecule has 0 saturated heterocycles. The van der Waals surface area contributed by atoms with Gasteiger partial charge in [-0.1, -0.05) is 17.7 Å². The molecule has 0 spiro atoms. The minimum atomic E-state index is -2.83. The third kappa shape index (κ3) is 4.78. The van der Waals surface area contributed by atoms with Crippen LogP contribution in [-0.2, 0) is 0 Å². The number of allylic oxidation sites excluding steroid dienone is 3. The highest BCUT2D eigenvalue weighted by molar-refractivity contribution is 5.13. The van der Waals surface area contributed by atoms with Crippen LogP contribution in [0.25, 0.3) is 0 Å². The molecule has 0 aliphatic heterocycles. The summed E-state index contributed by atoms with van der Waals surface area (Å²) in [6.45, 7) is 4.55. The second-order valence-corrected chi connectivity index (χ2v) is 3.26. The van der Waals surface area contributed by atoms with Crippen molar-refractivity contribution in [2.75, 3.05) is 6.61 Å². The zero-order valence-electron chi connectivity index (χ0n) is 8.27. The fourth-order valence-electron chi connectivity index (χ4n) is 0.780. The molecule has 0 bridgehead atoms. The minimum absolute atomic E-state index is 0.0764. The number of hydrogen-bond acceptors (Lipinski definition) is 1. The molecule has 1 nitrogen and oxygen atoms in total. The molecular weight excluding hydrogens is 174 g/mol. The fraction of sp³-hybridized carbons (Fsp3) is 0.600. The Morgan fingerprint density at radius 2 is 1.77 bits per heavy atom. The first kappa shape index (κ1) is 12.3. The van der Waals surface area contributed by atoms with E-state index in [1.54, 1.807) is 13.8 Å². The van der Waals surface area contributed by atoms with Gasteiger partial charge in [0.1, 0.15) is 0 Å². The molecule has 0 radical (unpaired) electrons. The van der Waals surface area contributed by atoms with E-state index in [9.17, 15) is 8.78 Å². The second kappa shape index (κ2) is 5.12. The summed E-state index contributed by atoms with van der Waals surface area (Å²) in [6, 6.07) is 0. The van der Waals surface area contributed by atoms with Crippen molar-refractivity contribution in [2.24, 2.45) is 0 Å². The van der Waals surface area contributed by atoms with E-state index in [1.165, 1.54) is 13.0 Å². The highest BCUT2D eigenvalue weighted by atomic mass is 19.3. The van der Waals surface area contributed by atoms with Crippen LogP contribution in [0.15, 0.2) is 23.3 Å². The summed E-state index contributed by atoms with van der Waals surface area (Å²) >= 11 is 0. The fourth-order valence-corrected chi connectivity index (χ4v) is 0.780. The van der Waals surface area contributed by atoms with Crippen LogP contribution in [0.3, 0.4) is 0 Å². The summed E-state index contributed by atoms with van der Waals surface area (Å²) in [6.07, 6.45) is 2.34. The second-order valence-electron chi connectivity index (χ2n) is 3.26. The zero-order valence-corrected chi connectivity index (χ0v) is 8.27. The summed E-state index contributed by atoms with van der Waals surface area (Å²) in [7, 11) is 0. The van der Waals surface area contributed by atoms with E-state index < -0.39 is 5.92 Å². The quantitative estimate of drug-likeness (QED) is 0.676. The molecule has 0 amide bonds. The lowest BCUT2D eigenvalue weighted by atomic mass is 10.1. The molecule has 3 heteroatoms. The van der Waals surface area contributed by atoms with Crippen molar-refractivity contribution in [1.82, 2.24) is 0 Å². The van der Waals surface area contributed by atoms with Gasteiger partial charge in [0.05, 0.1) is 6.61 Å². The Balaban J connectivity index is 4.39. The van der Waals surface area contributed by atoms with Gasteiger partial charge in [-0.05, 0) is 26.3 Å². The van der Waals surface area contributed by atoms with Gasteiger partial charge in [-0.2, -0.15) is 0 Å². The van der Waals surface area contributed by atoms with Gasteiger partial charge in [-0.25, -0.2) is 8.78 Å². The maximum atomic E-state index is 13.1. The van der Waals surface area contributed by atoms with E-state index in [2.05, 4.69) is 0 Å². The van der Waals surface area contributed by atoms with Crippen LogP contribution in [0, 0.1) is 0 Å². The average molecular weight is 190 g/mol. The van der Waals surface area contributed by atoms with Crippen molar-refractivity contribution in [3.63, 3.8) is 0 Å². The lowest BCUT2D eigenvalue weighted by Gasteiger charge is -2.15. The number of aliphatic hydroxyl groups is 1. The van der Waals surface area contributed by atoms with Gasteiger partial charge in [0.2, 0.25) is 0 Å². The molecule has 0 aromatic rings. The first-order chi connectivity index (χ1) is 5.90. The van der Waals surface area contributed by atoms with Crippen LogP contribution in [0.5, 0.6) is 0 Å². The van der Waals surface area contributed by atoms with Crippen molar-refractivity contribution in [2.45, 2.75) is 33.1 Å². The van der Waals surface area contributed by atoms with E-state index in [-0.39, 0.29) is 18.6 Å². The number of halogens is 2. The Morgan fingerprint density at radius 3 is 2.15 bits per heavy atom. The molecule has 0 atom stereocenters. The van der Waals surface area contributed by atoms with E-state index in [1.807, 2.05) is 0 Å². The molecule has 76 valence electrons. The Labute approximate surface area is 77.8 Å². The predicted molar refractivity (Wildman–Crippen MR) is 49.8 cm³/mol. The molecule has 0 saturated carbocycles. The Hall–Kier alpha value is -0.700. The van der Waals surface area contributed by atoms with Gasteiger partial charge in [-0.3, -0.25) is 0 Å². The molecule has 0 heterocycles. The minimum Gasteiger partial charge on any atom is -0.392 e. The first-order valence-corrected chi connectivity index (χ1v) is 4.19. The normalized spacial score (nSPS) is 12.9. The lowest BCUT2D eigenvalue weighted by Crippen LogP contribution is -2.16. The molecule has 13 heavy (non-hydrogen) atoms. The molecule has 0 rings (SSSR count). The van der Waals surface area contributed by atoms with Crippen LogP contribution >= 0.6 is 0 Å². The Bertz CT molecular complexity index is 213. The van der Waals surface area contributed by atoms with E-state index in [0.717, 1.165) is 11.6 Å². The van der Waals surface area contributed by atoms with Crippen molar-refractivity contribution >= 4 is 0 Å². The van der Waals surface area contributed by atoms with Crippen LogP contribution < -0.4 is 0 Å². The lowest BCUT2D eigenvalue weighted by molar-refractivity contribution is 0.0441. The van der Waals surface area contributed by atoms with Crippen molar-refractivity contribution in [3.05, 3.63) is 23.3 Å². The maximum absolute atomic E-state index is 13.1. The van der Waals surface area contributed by atoms with E-state index in [4.69, 9.17) is 5.11 Å². The predicted octanol–water partition coefficient (Wildman–Crippen LogP) is 2.92. The first-order valence-electron chi connectivity index (χ1n) is 4.19. The van der Waals surface area contributed by atoms with Gasteiger partial charge in [0.25, 0.3) is 5.92 Å². The van der Waals surface area contributed by atoms with Crippen LogP contribution in [0.4, 0.5) is 8.78 Å². The Morgan fingerprint density at radius 1 is 1.23 bits per heavy atom. The summed E-state index contributed by atoms with van der Waals surface area (Å²) in [4.78, 5) is 0. The van der Waals surface area contributed by atoms with Gasteiger partial charge in [-0.15, -0.1) is 0 Å². The van der Waals surface area contributed by atoms with Gasteiger partial charge in [0.15, 0.2) is 0 Å². The largest absolute Gasteiger partial charge is 0.392 e. The molecule has 0 unspecified atom stereocenters. The highest BCUT2D eigenvalue weighted by Gasteiger charge is 2.29. The van der Waals surface area contributed by atoms with Gasteiger partial charge >= 0.3 is 0 Å². The monoisotopic (exact) mass is 190 g/mol. The molecule has 0 aromatic carbocycles.